The molecular weight excluding hydrogens is 364 g/mol. The van der Waals surface area contributed by atoms with Gasteiger partial charge in [0.15, 0.2) is 5.82 Å². The maximum Gasteiger partial charge on any atom is 0.234 e. The molecule has 0 unspecified atom stereocenters. The van der Waals surface area contributed by atoms with Gasteiger partial charge in [0.2, 0.25) is 5.91 Å². The number of carbonyl (C=O) groups excluding carboxylic acids is 1. The lowest BCUT2D eigenvalue weighted by Gasteiger charge is -2.15. The fourth-order valence-corrected chi connectivity index (χ4v) is 3.48. The highest BCUT2D eigenvalue weighted by atomic mass is 16.1. The average Bonchev–Trinajstić information content (AvgIpc) is 3.40. The Morgan fingerprint density at radius 3 is 2.66 bits per heavy atom. The molecule has 7 heteroatoms. The Hall–Kier alpha value is -3.45. The number of rotatable bonds is 8. The first-order chi connectivity index (χ1) is 14.2. The number of aryl methyl sites for hydroxylation is 2. The zero-order chi connectivity index (χ0) is 20.1. The summed E-state index contributed by atoms with van der Waals surface area (Å²) in [5, 5.41) is 12.7. The van der Waals surface area contributed by atoms with Crippen LogP contribution in [0.5, 0.6) is 0 Å². The molecule has 0 spiro atoms. The van der Waals surface area contributed by atoms with Crippen LogP contribution in [0.3, 0.4) is 0 Å². The number of hydrogen-bond donors (Lipinski definition) is 4. The molecule has 0 saturated heterocycles. The molecule has 0 aliphatic carbocycles. The van der Waals surface area contributed by atoms with Gasteiger partial charge in [-0.1, -0.05) is 48.5 Å². The topological polar surface area (TPSA) is 112 Å². The molecule has 2 heterocycles. The normalized spacial score (nSPS) is 12.2. The van der Waals surface area contributed by atoms with E-state index in [-0.39, 0.29) is 18.5 Å². The minimum Gasteiger partial charge on any atom is -0.361 e. The van der Waals surface area contributed by atoms with Crippen LogP contribution in [0.25, 0.3) is 10.9 Å². The summed E-state index contributed by atoms with van der Waals surface area (Å²) in [5.74, 6) is 1.21. The third kappa shape index (κ3) is 4.52. The van der Waals surface area contributed by atoms with Gasteiger partial charge in [0.05, 0.1) is 12.6 Å². The number of aromatic amines is 2. The highest BCUT2D eigenvalue weighted by Gasteiger charge is 2.20. The molecule has 7 nitrogen and oxygen atoms in total. The van der Waals surface area contributed by atoms with E-state index in [1.807, 2.05) is 42.6 Å². The van der Waals surface area contributed by atoms with E-state index in [4.69, 9.17) is 5.73 Å². The van der Waals surface area contributed by atoms with Crippen LogP contribution in [-0.4, -0.2) is 32.6 Å². The summed E-state index contributed by atoms with van der Waals surface area (Å²) in [7, 11) is 0. The van der Waals surface area contributed by atoms with Crippen LogP contribution in [0.2, 0.25) is 0 Å². The van der Waals surface area contributed by atoms with E-state index in [1.54, 1.807) is 0 Å². The van der Waals surface area contributed by atoms with Crippen LogP contribution in [0.1, 0.15) is 28.8 Å². The van der Waals surface area contributed by atoms with Crippen molar-refractivity contribution in [3.05, 3.63) is 83.6 Å². The minimum absolute atomic E-state index is 0.0701. The van der Waals surface area contributed by atoms with Crippen molar-refractivity contribution in [2.75, 3.05) is 6.54 Å². The molecule has 0 radical (unpaired) electrons. The Bertz CT molecular complexity index is 1080. The first-order valence-corrected chi connectivity index (χ1v) is 9.72. The fourth-order valence-electron chi connectivity index (χ4n) is 3.48. The number of benzene rings is 2. The lowest BCUT2D eigenvalue weighted by molar-refractivity contribution is -0.120. The standard InChI is InChI=1S/C22H24N6O/c23-13-21(29)25-19(12-16-14-24-18-9-5-4-8-17(16)18)22-26-20(27-28-22)11-10-15-6-2-1-3-7-15/h1-9,14,19,24H,10-13,23H2,(H,25,29)(H,26,27,28)/t19-/m1/s1. The molecule has 148 valence electrons. The predicted octanol–water partition coefficient (Wildman–Crippen LogP) is 2.43. The monoisotopic (exact) mass is 388 g/mol. The number of aromatic nitrogens is 4. The van der Waals surface area contributed by atoms with Crippen molar-refractivity contribution in [1.29, 1.82) is 0 Å². The smallest absolute Gasteiger partial charge is 0.234 e. The van der Waals surface area contributed by atoms with Gasteiger partial charge in [-0.15, -0.1) is 10.2 Å². The lowest BCUT2D eigenvalue weighted by Crippen LogP contribution is -2.35. The predicted molar refractivity (Wildman–Crippen MR) is 112 cm³/mol. The van der Waals surface area contributed by atoms with E-state index in [0.717, 1.165) is 35.1 Å². The number of nitrogens with two attached hydrogens (primary N) is 1. The highest BCUT2D eigenvalue weighted by molar-refractivity contribution is 5.83. The van der Waals surface area contributed by atoms with Crippen molar-refractivity contribution < 1.29 is 4.79 Å². The molecule has 0 fully saturated rings. The molecular formula is C22H24N6O. The Morgan fingerprint density at radius 1 is 1.03 bits per heavy atom. The van der Waals surface area contributed by atoms with Gasteiger partial charge in [-0.3, -0.25) is 4.79 Å². The largest absolute Gasteiger partial charge is 0.361 e. The van der Waals surface area contributed by atoms with Crippen LogP contribution >= 0.6 is 0 Å². The molecule has 0 aliphatic heterocycles. The van der Waals surface area contributed by atoms with E-state index >= 15 is 0 Å². The molecule has 0 aliphatic rings. The van der Waals surface area contributed by atoms with Crippen molar-refractivity contribution in [3.8, 4) is 0 Å². The van der Waals surface area contributed by atoms with Crippen LogP contribution in [0.4, 0.5) is 0 Å². The van der Waals surface area contributed by atoms with Crippen molar-refractivity contribution in [1.82, 2.24) is 25.5 Å². The quantitative estimate of drug-likeness (QED) is 0.371. The molecule has 1 amide bonds. The second-order valence-electron chi connectivity index (χ2n) is 7.03. The van der Waals surface area contributed by atoms with Gasteiger partial charge >= 0.3 is 0 Å². The molecule has 2 aromatic heterocycles. The first kappa shape index (κ1) is 18.9. The molecule has 4 aromatic rings. The summed E-state index contributed by atoms with van der Waals surface area (Å²) in [6.07, 6.45) is 4.18. The van der Waals surface area contributed by atoms with Gasteiger partial charge in [0.25, 0.3) is 0 Å². The Morgan fingerprint density at radius 2 is 1.83 bits per heavy atom. The second-order valence-corrected chi connectivity index (χ2v) is 7.03. The number of fused-ring (bicyclic) bond motifs is 1. The molecule has 29 heavy (non-hydrogen) atoms. The van der Waals surface area contributed by atoms with E-state index in [9.17, 15) is 4.79 Å². The third-order valence-electron chi connectivity index (χ3n) is 4.99. The number of hydrogen-bond acceptors (Lipinski definition) is 4. The third-order valence-corrected chi connectivity index (χ3v) is 4.99. The number of amides is 1. The summed E-state index contributed by atoms with van der Waals surface area (Å²) >= 11 is 0. The van der Waals surface area contributed by atoms with Gasteiger partial charge in [0.1, 0.15) is 5.82 Å². The molecule has 1 atom stereocenters. The second kappa shape index (κ2) is 8.70. The van der Waals surface area contributed by atoms with Gasteiger partial charge in [-0.2, -0.15) is 0 Å². The minimum atomic E-state index is -0.330. The summed E-state index contributed by atoms with van der Waals surface area (Å²) < 4.78 is 0. The van der Waals surface area contributed by atoms with Crippen molar-refractivity contribution >= 4 is 16.8 Å². The average molecular weight is 388 g/mol. The Kier molecular flexibility index (Phi) is 5.67. The Labute approximate surface area is 168 Å². The van der Waals surface area contributed by atoms with Crippen molar-refractivity contribution in [2.24, 2.45) is 5.73 Å². The molecule has 2 aromatic carbocycles. The SMILES string of the molecule is NCC(=O)N[C@H](Cc1c[nH]c2ccccc12)c1nnc(CCc2ccccc2)[nH]1. The zero-order valence-corrected chi connectivity index (χ0v) is 16.1. The number of H-pyrrole nitrogens is 2. The van der Waals surface area contributed by atoms with E-state index < -0.39 is 0 Å². The van der Waals surface area contributed by atoms with Crippen LogP contribution in [-0.2, 0) is 24.1 Å². The van der Waals surface area contributed by atoms with Gasteiger partial charge in [-0.05, 0) is 23.6 Å². The van der Waals surface area contributed by atoms with E-state index in [0.29, 0.717) is 12.2 Å². The fraction of sp³-hybridized carbons (Fsp3) is 0.227. The maximum atomic E-state index is 12.0. The molecule has 0 bridgehead atoms. The molecule has 4 rings (SSSR count). The zero-order valence-electron chi connectivity index (χ0n) is 16.1. The van der Waals surface area contributed by atoms with Crippen LogP contribution in [0.15, 0.2) is 60.8 Å². The first-order valence-electron chi connectivity index (χ1n) is 9.72. The van der Waals surface area contributed by atoms with Gasteiger partial charge < -0.3 is 21.0 Å². The summed E-state index contributed by atoms with van der Waals surface area (Å²) in [4.78, 5) is 18.6. The lowest BCUT2D eigenvalue weighted by atomic mass is 10.0. The highest BCUT2D eigenvalue weighted by Crippen LogP contribution is 2.23. The summed E-state index contributed by atoms with van der Waals surface area (Å²) in [6.45, 7) is -0.0701. The van der Waals surface area contributed by atoms with E-state index in [2.05, 4.69) is 43.7 Å². The molecule has 0 saturated carbocycles. The molecule has 5 N–H and O–H groups in total. The van der Waals surface area contributed by atoms with Gasteiger partial charge in [-0.25, -0.2) is 0 Å². The van der Waals surface area contributed by atoms with Crippen LogP contribution < -0.4 is 11.1 Å². The van der Waals surface area contributed by atoms with Crippen molar-refractivity contribution in [2.45, 2.75) is 25.3 Å². The maximum absolute atomic E-state index is 12.0. The van der Waals surface area contributed by atoms with Gasteiger partial charge in [0, 0.05) is 29.9 Å². The number of carbonyl (C=O) groups is 1. The Balaban J connectivity index is 1.52. The number of para-hydroxylation sites is 1. The van der Waals surface area contributed by atoms with Crippen LogP contribution in [0, 0.1) is 0 Å². The summed E-state index contributed by atoms with van der Waals surface area (Å²) in [5.41, 5.74) is 8.93. The van der Waals surface area contributed by atoms with E-state index in [1.165, 1.54) is 5.56 Å². The number of nitrogens with zero attached hydrogens (tertiary/aromatic N) is 2. The summed E-state index contributed by atoms with van der Waals surface area (Å²) in [6, 6.07) is 18.0. The number of nitrogens with one attached hydrogen (secondary N) is 3. The van der Waals surface area contributed by atoms with Crippen molar-refractivity contribution in [3.63, 3.8) is 0 Å².